The van der Waals surface area contributed by atoms with Crippen molar-refractivity contribution in [3.63, 3.8) is 0 Å². The SMILES string of the molecule is CCCNCCc1nnc(-c2ccc(Br)s2)o1. The first-order valence-corrected chi connectivity index (χ1v) is 7.19. The van der Waals surface area contributed by atoms with Gasteiger partial charge in [0.05, 0.1) is 8.66 Å². The molecule has 0 spiro atoms. The highest BCUT2D eigenvalue weighted by Crippen LogP contribution is 2.30. The van der Waals surface area contributed by atoms with Crippen molar-refractivity contribution in [2.45, 2.75) is 19.8 Å². The molecule has 2 rings (SSSR count). The molecule has 1 N–H and O–H groups in total. The number of rotatable bonds is 6. The van der Waals surface area contributed by atoms with Crippen molar-refractivity contribution in [3.8, 4) is 10.8 Å². The van der Waals surface area contributed by atoms with E-state index in [0.717, 1.165) is 34.6 Å². The molecule has 0 unspecified atom stereocenters. The molecule has 0 aromatic carbocycles. The summed E-state index contributed by atoms with van der Waals surface area (Å²) >= 11 is 5.01. The molecule has 0 aliphatic heterocycles. The molecule has 0 radical (unpaired) electrons. The van der Waals surface area contributed by atoms with Gasteiger partial charge in [0, 0.05) is 13.0 Å². The van der Waals surface area contributed by atoms with Crippen molar-refractivity contribution in [2.75, 3.05) is 13.1 Å². The monoisotopic (exact) mass is 315 g/mol. The first-order chi connectivity index (χ1) is 8.29. The van der Waals surface area contributed by atoms with Gasteiger partial charge in [-0.05, 0) is 41.0 Å². The van der Waals surface area contributed by atoms with Gasteiger partial charge in [-0.15, -0.1) is 21.5 Å². The maximum absolute atomic E-state index is 5.59. The van der Waals surface area contributed by atoms with Crippen LogP contribution in [0.2, 0.25) is 0 Å². The molecule has 0 amide bonds. The normalized spacial score (nSPS) is 10.9. The van der Waals surface area contributed by atoms with Crippen LogP contribution in [-0.2, 0) is 6.42 Å². The number of aromatic nitrogens is 2. The number of nitrogens with one attached hydrogen (secondary N) is 1. The van der Waals surface area contributed by atoms with Gasteiger partial charge in [0.2, 0.25) is 5.89 Å². The van der Waals surface area contributed by atoms with E-state index in [-0.39, 0.29) is 0 Å². The summed E-state index contributed by atoms with van der Waals surface area (Å²) in [6.45, 7) is 4.05. The standard InChI is InChI=1S/C11H14BrN3OS/c1-2-6-13-7-5-10-14-15-11(16-10)8-3-4-9(12)17-8/h3-4,13H,2,5-7H2,1H3. The van der Waals surface area contributed by atoms with Gasteiger partial charge >= 0.3 is 0 Å². The first kappa shape index (κ1) is 12.7. The largest absolute Gasteiger partial charge is 0.420 e. The summed E-state index contributed by atoms with van der Waals surface area (Å²) in [5.74, 6) is 1.29. The smallest absolute Gasteiger partial charge is 0.257 e. The van der Waals surface area contributed by atoms with Crippen LogP contribution in [0.5, 0.6) is 0 Å². The minimum absolute atomic E-state index is 0.603. The first-order valence-electron chi connectivity index (χ1n) is 5.58. The van der Waals surface area contributed by atoms with Gasteiger partial charge < -0.3 is 9.73 Å². The Morgan fingerprint density at radius 1 is 1.35 bits per heavy atom. The van der Waals surface area contributed by atoms with E-state index in [1.165, 1.54) is 0 Å². The number of thiophene rings is 1. The van der Waals surface area contributed by atoms with Crippen LogP contribution >= 0.6 is 27.3 Å². The molecule has 17 heavy (non-hydrogen) atoms. The molecule has 0 aliphatic carbocycles. The van der Waals surface area contributed by atoms with Crippen LogP contribution in [0.25, 0.3) is 10.8 Å². The Kier molecular flexibility index (Phi) is 4.70. The number of halogens is 1. The molecule has 0 bridgehead atoms. The second kappa shape index (κ2) is 6.28. The fourth-order valence-electron chi connectivity index (χ4n) is 1.38. The molecule has 0 fully saturated rings. The van der Waals surface area contributed by atoms with E-state index in [4.69, 9.17) is 4.42 Å². The molecule has 92 valence electrons. The van der Waals surface area contributed by atoms with E-state index in [9.17, 15) is 0 Å². The van der Waals surface area contributed by atoms with Crippen LogP contribution in [0.3, 0.4) is 0 Å². The predicted octanol–water partition coefficient (Wildman–Crippen LogP) is 3.10. The molecular formula is C11H14BrN3OS. The van der Waals surface area contributed by atoms with E-state index >= 15 is 0 Å². The zero-order chi connectivity index (χ0) is 12.1. The van der Waals surface area contributed by atoms with Crippen LogP contribution in [0.15, 0.2) is 20.3 Å². The highest BCUT2D eigenvalue weighted by atomic mass is 79.9. The Morgan fingerprint density at radius 2 is 2.24 bits per heavy atom. The Morgan fingerprint density at radius 3 is 2.94 bits per heavy atom. The van der Waals surface area contributed by atoms with E-state index in [1.54, 1.807) is 11.3 Å². The summed E-state index contributed by atoms with van der Waals surface area (Å²) in [6.07, 6.45) is 1.91. The third-order valence-corrected chi connectivity index (χ3v) is 3.80. The average molecular weight is 316 g/mol. The lowest BCUT2D eigenvalue weighted by atomic mass is 10.4. The number of hydrogen-bond donors (Lipinski definition) is 1. The van der Waals surface area contributed by atoms with Crippen LogP contribution in [0, 0.1) is 0 Å². The third kappa shape index (κ3) is 3.62. The van der Waals surface area contributed by atoms with E-state index in [1.807, 2.05) is 12.1 Å². The number of hydrogen-bond acceptors (Lipinski definition) is 5. The van der Waals surface area contributed by atoms with Crippen molar-refractivity contribution in [1.82, 2.24) is 15.5 Å². The van der Waals surface area contributed by atoms with Gasteiger partial charge in [-0.25, -0.2) is 0 Å². The fourth-order valence-corrected chi connectivity index (χ4v) is 2.69. The second-order valence-electron chi connectivity index (χ2n) is 3.60. The van der Waals surface area contributed by atoms with Gasteiger partial charge in [0.25, 0.3) is 5.89 Å². The quantitative estimate of drug-likeness (QED) is 0.832. The summed E-state index contributed by atoms with van der Waals surface area (Å²) in [6, 6.07) is 3.95. The summed E-state index contributed by atoms with van der Waals surface area (Å²) in [7, 11) is 0. The molecule has 4 nitrogen and oxygen atoms in total. The van der Waals surface area contributed by atoms with Gasteiger partial charge in [-0.3, -0.25) is 0 Å². The average Bonchev–Trinajstić information content (AvgIpc) is 2.93. The summed E-state index contributed by atoms with van der Waals surface area (Å²) < 4.78 is 6.66. The summed E-state index contributed by atoms with van der Waals surface area (Å²) in [5.41, 5.74) is 0. The van der Waals surface area contributed by atoms with Crippen molar-refractivity contribution >= 4 is 27.3 Å². The topological polar surface area (TPSA) is 51.0 Å². The summed E-state index contributed by atoms with van der Waals surface area (Å²) in [4.78, 5) is 0.997. The molecule has 0 saturated carbocycles. The van der Waals surface area contributed by atoms with Crippen molar-refractivity contribution in [2.24, 2.45) is 0 Å². The van der Waals surface area contributed by atoms with Crippen LogP contribution in [0.1, 0.15) is 19.2 Å². The Bertz CT molecular complexity index is 469. The molecule has 2 aromatic heterocycles. The zero-order valence-electron chi connectivity index (χ0n) is 9.57. The van der Waals surface area contributed by atoms with Gasteiger partial charge in [0.1, 0.15) is 0 Å². The molecule has 0 saturated heterocycles. The van der Waals surface area contributed by atoms with Gasteiger partial charge in [-0.2, -0.15) is 0 Å². The maximum Gasteiger partial charge on any atom is 0.257 e. The molecular weight excluding hydrogens is 302 g/mol. The molecule has 0 atom stereocenters. The molecule has 2 heterocycles. The zero-order valence-corrected chi connectivity index (χ0v) is 12.0. The lowest BCUT2D eigenvalue weighted by Gasteiger charge is -1.98. The fraction of sp³-hybridized carbons (Fsp3) is 0.455. The Balaban J connectivity index is 1.92. The third-order valence-electron chi connectivity index (χ3n) is 2.19. The van der Waals surface area contributed by atoms with Crippen LogP contribution < -0.4 is 5.32 Å². The van der Waals surface area contributed by atoms with E-state index in [2.05, 4.69) is 38.4 Å². The summed E-state index contributed by atoms with van der Waals surface area (Å²) in [5, 5.41) is 11.4. The van der Waals surface area contributed by atoms with Crippen molar-refractivity contribution in [1.29, 1.82) is 0 Å². The Labute approximate surface area is 113 Å². The van der Waals surface area contributed by atoms with Crippen LogP contribution in [0.4, 0.5) is 0 Å². The van der Waals surface area contributed by atoms with Gasteiger partial charge in [-0.1, -0.05) is 6.92 Å². The lowest BCUT2D eigenvalue weighted by Crippen LogP contribution is -2.17. The minimum Gasteiger partial charge on any atom is -0.420 e. The van der Waals surface area contributed by atoms with Crippen LogP contribution in [-0.4, -0.2) is 23.3 Å². The highest BCUT2D eigenvalue weighted by Gasteiger charge is 2.10. The highest BCUT2D eigenvalue weighted by molar-refractivity contribution is 9.11. The van der Waals surface area contributed by atoms with Crippen molar-refractivity contribution < 1.29 is 4.42 Å². The predicted molar refractivity (Wildman–Crippen MR) is 72.2 cm³/mol. The minimum atomic E-state index is 0.603. The van der Waals surface area contributed by atoms with E-state index in [0.29, 0.717) is 11.8 Å². The Hall–Kier alpha value is -0.720. The maximum atomic E-state index is 5.59. The molecule has 0 aliphatic rings. The van der Waals surface area contributed by atoms with E-state index < -0.39 is 0 Å². The molecule has 2 aromatic rings. The van der Waals surface area contributed by atoms with Crippen molar-refractivity contribution in [3.05, 3.63) is 21.8 Å². The molecule has 6 heteroatoms. The van der Waals surface area contributed by atoms with Gasteiger partial charge in [0.15, 0.2) is 0 Å². The number of nitrogens with zero attached hydrogens (tertiary/aromatic N) is 2. The lowest BCUT2D eigenvalue weighted by molar-refractivity contribution is 0.495. The second-order valence-corrected chi connectivity index (χ2v) is 6.07.